The number of phenolic OH excluding ortho intramolecular Hbond substituents is 1. The van der Waals surface area contributed by atoms with Gasteiger partial charge in [0.05, 0.1) is 7.11 Å². The van der Waals surface area contributed by atoms with Gasteiger partial charge in [0.15, 0.2) is 11.5 Å². The Kier molecular flexibility index (Phi) is 3.59. The van der Waals surface area contributed by atoms with Crippen LogP contribution in [0.25, 0.3) is 0 Å². The van der Waals surface area contributed by atoms with Crippen LogP contribution in [0.15, 0.2) is 18.2 Å². The monoisotopic (exact) mass is 196 g/mol. The zero-order valence-corrected chi connectivity index (χ0v) is 8.45. The Bertz CT molecular complexity index is 302. The van der Waals surface area contributed by atoms with Crippen LogP contribution < -0.4 is 15.8 Å². The summed E-state index contributed by atoms with van der Waals surface area (Å²) in [6.07, 6.45) is 0. The fourth-order valence-electron chi connectivity index (χ4n) is 1.12. The van der Waals surface area contributed by atoms with Gasteiger partial charge < -0.3 is 20.9 Å². The van der Waals surface area contributed by atoms with Gasteiger partial charge in [0.2, 0.25) is 0 Å². The van der Waals surface area contributed by atoms with E-state index in [1.165, 1.54) is 7.11 Å². The van der Waals surface area contributed by atoms with Gasteiger partial charge in [0.25, 0.3) is 0 Å². The summed E-state index contributed by atoms with van der Waals surface area (Å²) in [5, 5.41) is 12.6. The SMILES string of the molecule is COc1ccc(NC(C)CN)cc1O. The summed E-state index contributed by atoms with van der Waals surface area (Å²) in [6.45, 7) is 2.52. The first kappa shape index (κ1) is 10.7. The molecule has 0 aliphatic rings. The zero-order chi connectivity index (χ0) is 10.6. The highest BCUT2D eigenvalue weighted by Crippen LogP contribution is 2.28. The van der Waals surface area contributed by atoms with Gasteiger partial charge in [-0.2, -0.15) is 0 Å². The van der Waals surface area contributed by atoms with E-state index in [1.54, 1.807) is 12.1 Å². The zero-order valence-electron chi connectivity index (χ0n) is 8.45. The smallest absolute Gasteiger partial charge is 0.160 e. The van der Waals surface area contributed by atoms with Crippen LogP contribution in [0.5, 0.6) is 11.5 Å². The van der Waals surface area contributed by atoms with Crippen LogP contribution in [0.4, 0.5) is 5.69 Å². The van der Waals surface area contributed by atoms with Crippen LogP contribution in [0.2, 0.25) is 0 Å². The van der Waals surface area contributed by atoms with Gasteiger partial charge in [0.1, 0.15) is 0 Å². The van der Waals surface area contributed by atoms with E-state index in [2.05, 4.69) is 5.32 Å². The first-order chi connectivity index (χ1) is 6.67. The Morgan fingerprint density at radius 1 is 1.57 bits per heavy atom. The predicted octanol–water partition coefficient (Wildman–Crippen LogP) is 1.16. The molecule has 0 aromatic heterocycles. The van der Waals surface area contributed by atoms with Crippen LogP contribution in [-0.4, -0.2) is 24.8 Å². The van der Waals surface area contributed by atoms with Crippen molar-refractivity contribution in [3.63, 3.8) is 0 Å². The molecule has 4 N–H and O–H groups in total. The Balaban J connectivity index is 2.76. The van der Waals surface area contributed by atoms with Crippen LogP contribution in [-0.2, 0) is 0 Å². The van der Waals surface area contributed by atoms with Crippen molar-refractivity contribution in [1.29, 1.82) is 0 Å². The number of hydrogen-bond donors (Lipinski definition) is 3. The molecule has 4 nitrogen and oxygen atoms in total. The van der Waals surface area contributed by atoms with Gasteiger partial charge in [-0.1, -0.05) is 0 Å². The molecule has 0 aliphatic heterocycles. The third-order valence-electron chi connectivity index (χ3n) is 1.95. The molecule has 0 radical (unpaired) electrons. The maximum Gasteiger partial charge on any atom is 0.160 e. The average Bonchev–Trinajstić information content (AvgIpc) is 2.18. The Morgan fingerprint density at radius 2 is 2.29 bits per heavy atom. The maximum atomic E-state index is 9.48. The molecule has 0 spiro atoms. The Labute approximate surface area is 83.7 Å². The highest BCUT2D eigenvalue weighted by molar-refractivity contribution is 5.54. The maximum absolute atomic E-state index is 9.48. The van der Waals surface area contributed by atoms with Gasteiger partial charge in [-0.3, -0.25) is 0 Å². The van der Waals surface area contributed by atoms with E-state index < -0.39 is 0 Å². The van der Waals surface area contributed by atoms with Gasteiger partial charge in [-0.05, 0) is 19.1 Å². The minimum atomic E-state index is 0.127. The predicted molar refractivity (Wildman–Crippen MR) is 56.8 cm³/mol. The number of methoxy groups -OCH3 is 1. The molecule has 0 aliphatic carbocycles. The largest absolute Gasteiger partial charge is 0.504 e. The fraction of sp³-hybridized carbons (Fsp3) is 0.400. The second kappa shape index (κ2) is 4.72. The molecule has 1 unspecified atom stereocenters. The van der Waals surface area contributed by atoms with Gasteiger partial charge >= 0.3 is 0 Å². The van der Waals surface area contributed by atoms with Crippen LogP contribution in [0.3, 0.4) is 0 Å². The second-order valence-corrected chi connectivity index (χ2v) is 3.17. The molecule has 0 saturated heterocycles. The second-order valence-electron chi connectivity index (χ2n) is 3.17. The van der Waals surface area contributed by atoms with Gasteiger partial charge in [-0.25, -0.2) is 0 Å². The summed E-state index contributed by atoms with van der Waals surface area (Å²) in [5.41, 5.74) is 6.30. The van der Waals surface area contributed by atoms with Crippen molar-refractivity contribution < 1.29 is 9.84 Å². The number of hydrogen-bond acceptors (Lipinski definition) is 4. The fourth-order valence-corrected chi connectivity index (χ4v) is 1.12. The summed E-state index contributed by atoms with van der Waals surface area (Å²) in [6, 6.07) is 5.35. The third-order valence-corrected chi connectivity index (χ3v) is 1.95. The minimum Gasteiger partial charge on any atom is -0.504 e. The minimum absolute atomic E-state index is 0.127. The molecule has 1 atom stereocenters. The topological polar surface area (TPSA) is 67.5 Å². The highest BCUT2D eigenvalue weighted by atomic mass is 16.5. The summed E-state index contributed by atoms with van der Waals surface area (Å²) >= 11 is 0. The molecule has 1 rings (SSSR count). The molecule has 14 heavy (non-hydrogen) atoms. The molecule has 78 valence electrons. The van der Waals surface area contributed by atoms with Crippen molar-refractivity contribution >= 4 is 5.69 Å². The number of anilines is 1. The molecule has 0 heterocycles. The summed E-state index contributed by atoms with van der Waals surface area (Å²) < 4.78 is 4.93. The van der Waals surface area contributed by atoms with Crippen molar-refractivity contribution in [3.8, 4) is 11.5 Å². The van der Waals surface area contributed by atoms with Crippen LogP contribution in [0, 0.1) is 0 Å². The number of rotatable bonds is 4. The highest BCUT2D eigenvalue weighted by Gasteiger charge is 2.03. The van der Waals surface area contributed by atoms with Crippen LogP contribution in [0.1, 0.15) is 6.92 Å². The number of aromatic hydroxyl groups is 1. The Hall–Kier alpha value is -1.42. The summed E-state index contributed by atoms with van der Waals surface area (Å²) in [7, 11) is 1.52. The first-order valence-electron chi connectivity index (χ1n) is 4.51. The summed E-state index contributed by atoms with van der Waals surface area (Å²) in [4.78, 5) is 0. The number of nitrogens with two attached hydrogens (primary N) is 1. The molecule has 4 heteroatoms. The number of benzene rings is 1. The van der Waals surface area contributed by atoms with Crippen molar-refractivity contribution in [1.82, 2.24) is 0 Å². The van der Waals surface area contributed by atoms with Crippen molar-refractivity contribution in [3.05, 3.63) is 18.2 Å². The van der Waals surface area contributed by atoms with Gasteiger partial charge in [0, 0.05) is 24.3 Å². The molecular formula is C10H16N2O2. The Morgan fingerprint density at radius 3 is 2.79 bits per heavy atom. The third kappa shape index (κ3) is 2.53. The lowest BCUT2D eigenvalue weighted by Gasteiger charge is -2.13. The molecule has 1 aromatic carbocycles. The lowest BCUT2D eigenvalue weighted by atomic mass is 10.2. The van der Waals surface area contributed by atoms with E-state index in [-0.39, 0.29) is 11.8 Å². The standard InChI is InChI=1S/C10H16N2O2/c1-7(6-11)12-8-3-4-10(14-2)9(13)5-8/h3-5,7,12-13H,6,11H2,1-2H3. The number of phenols is 1. The molecule has 1 aromatic rings. The molecular weight excluding hydrogens is 180 g/mol. The van der Waals surface area contributed by atoms with Crippen molar-refractivity contribution in [2.75, 3.05) is 19.0 Å². The lowest BCUT2D eigenvalue weighted by molar-refractivity contribution is 0.373. The van der Waals surface area contributed by atoms with Gasteiger partial charge in [-0.15, -0.1) is 0 Å². The summed E-state index contributed by atoms with van der Waals surface area (Å²) in [5.74, 6) is 0.595. The quantitative estimate of drug-likeness (QED) is 0.676. The lowest BCUT2D eigenvalue weighted by Crippen LogP contribution is -2.25. The first-order valence-corrected chi connectivity index (χ1v) is 4.51. The van der Waals surface area contributed by atoms with E-state index in [1.807, 2.05) is 13.0 Å². The van der Waals surface area contributed by atoms with Crippen LogP contribution >= 0.6 is 0 Å². The van der Waals surface area contributed by atoms with E-state index in [4.69, 9.17) is 10.5 Å². The van der Waals surface area contributed by atoms with E-state index >= 15 is 0 Å². The van der Waals surface area contributed by atoms with Crippen molar-refractivity contribution in [2.45, 2.75) is 13.0 Å². The molecule has 0 saturated carbocycles. The van der Waals surface area contributed by atoms with E-state index in [0.29, 0.717) is 12.3 Å². The normalized spacial score (nSPS) is 12.2. The van der Waals surface area contributed by atoms with Crippen molar-refractivity contribution in [2.24, 2.45) is 5.73 Å². The molecule has 0 amide bonds. The number of ether oxygens (including phenoxy) is 1. The average molecular weight is 196 g/mol. The number of nitrogens with one attached hydrogen (secondary N) is 1. The molecule has 0 fully saturated rings. The van der Waals surface area contributed by atoms with E-state index in [0.717, 1.165) is 5.69 Å². The molecule has 0 bridgehead atoms. The van der Waals surface area contributed by atoms with E-state index in [9.17, 15) is 5.11 Å².